The standard InChI is InChI=1S/C8H5Cl3OS/c9-6-1-3-7(4-2-6)13-8(10,11)5-12/h1-5H. The van der Waals surface area contributed by atoms with Gasteiger partial charge in [0, 0.05) is 9.92 Å². The van der Waals surface area contributed by atoms with Crippen molar-refractivity contribution in [3.05, 3.63) is 29.3 Å². The lowest BCUT2D eigenvalue weighted by molar-refractivity contribution is -0.107. The van der Waals surface area contributed by atoms with E-state index >= 15 is 0 Å². The average Bonchev–Trinajstić information content (AvgIpc) is 2.09. The van der Waals surface area contributed by atoms with Gasteiger partial charge in [-0.05, 0) is 24.3 Å². The highest BCUT2D eigenvalue weighted by atomic mass is 35.5. The van der Waals surface area contributed by atoms with E-state index in [0.29, 0.717) is 11.3 Å². The van der Waals surface area contributed by atoms with Gasteiger partial charge in [-0.1, -0.05) is 46.6 Å². The first kappa shape index (κ1) is 11.2. The molecule has 13 heavy (non-hydrogen) atoms. The van der Waals surface area contributed by atoms with Crippen LogP contribution in [0.5, 0.6) is 0 Å². The molecule has 0 unspecified atom stereocenters. The van der Waals surface area contributed by atoms with Crippen molar-refractivity contribution in [2.24, 2.45) is 0 Å². The number of rotatable bonds is 3. The zero-order valence-corrected chi connectivity index (χ0v) is 9.42. The van der Waals surface area contributed by atoms with Gasteiger partial charge in [-0.25, -0.2) is 0 Å². The normalized spacial score (nSPS) is 11.3. The fourth-order valence-corrected chi connectivity index (χ4v) is 1.98. The molecule has 0 radical (unpaired) electrons. The largest absolute Gasteiger partial charge is 0.299 e. The summed E-state index contributed by atoms with van der Waals surface area (Å²) >= 11 is 18.0. The van der Waals surface area contributed by atoms with Crippen LogP contribution >= 0.6 is 46.6 Å². The number of hydrogen-bond acceptors (Lipinski definition) is 2. The molecule has 0 fully saturated rings. The van der Waals surface area contributed by atoms with Crippen LogP contribution in [0, 0.1) is 0 Å². The van der Waals surface area contributed by atoms with Gasteiger partial charge in [-0.2, -0.15) is 0 Å². The van der Waals surface area contributed by atoms with Gasteiger partial charge in [0.25, 0.3) is 0 Å². The highest BCUT2D eigenvalue weighted by Gasteiger charge is 2.24. The van der Waals surface area contributed by atoms with E-state index in [2.05, 4.69) is 0 Å². The van der Waals surface area contributed by atoms with E-state index in [9.17, 15) is 4.79 Å². The van der Waals surface area contributed by atoms with Gasteiger partial charge in [0.05, 0.1) is 0 Å². The van der Waals surface area contributed by atoms with Crippen molar-refractivity contribution in [2.45, 2.75) is 8.56 Å². The Morgan fingerprint density at radius 1 is 1.23 bits per heavy atom. The first-order valence-electron chi connectivity index (χ1n) is 3.32. The van der Waals surface area contributed by atoms with Gasteiger partial charge < -0.3 is 0 Å². The van der Waals surface area contributed by atoms with Crippen LogP contribution in [0.1, 0.15) is 0 Å². The minimum absolute atomic E-state index is 0.482. The average molecular weight is 256 g/mol. The molecule has 0 N–H and O–H groups in total. The Bertz CT molecular complexity index is 297. The smallest absolute Gasteiger partial charge is 0.222 e. The summed E-state index contributed by atoms with van der Waals surface area (Å²) in [5.41, 5.74) is 0. The molecule has 1 rings (SSSR count). The second-order valence-corrected chi connectivity index (χ2v) is 5.83. The molecule has 0 saturated carbocycles. The van der Waals surface area contributed by atoms with Crippen molar-refractivity contribution in [2.75, 3.05) is 0 Å². The molecular formula is C8H5Cl3OS. The third-order valence-corrected chi connectivity index (χ3v) is 2.97. The maximum absolute atomic E-state index is 10.4. The molecule has 70 valence electrons. The van der Waals surface area contributed by atoms with Crippen LogP contribution in [0.3, 0.4) is 0 Å². The van der Waals surface area contributed by atoms with E-state index in [1.54, 1.807) is 24.3 Å². The Labute approximate surface area is 95.4 Å². The van der Waals surface area contributed by atoms with Crippen molar-refractivity contribution < 1.29 is 4.79 Å². The number of carbonyl (C=O) groups is 1. The number of carbonyl (C=O) groups excluding carboxylic acids is 1. The summed E-state index contributed by atoms with van der Waals surface area (Å²) in [6.07, 6.45) is 0.482. The number of hydrogen-bond donors (Lipinski definition) is 0. The summed E-state index contributed by atoms with van der Waals surface area (Å²) in [7, 11) is 0. The molecule has 0 saturated heterocycles. The molecule has 0 aromatic heterocycles. The van der Waals surface area contributed by atoms with E-state index in [4.69, 9.17) is 34.8 Å². The number of alkyl halides is 2. The number of benzene rings is 1. The molecule has 0 heterocycles. The summed E-state index contributed by atoms with van der Waals surface area (Å²) in [6, 6.07) is 6.91. The van der Waals surface area contributed by atoms with Crippen LogP contribution in [-0.2, 0) is 4.79 Å². The lowest BCUT2D eigenvalue weighted by atomic mass is 10.4. The van der Waals surface area contributed by atoms with E-state index in [1.165, 1.54) is 0 Å². The monoisotopic (exact) mass is 254 g/mol. The molecule has 0 aliphatic carbocycles. The van der Waals surface area contributed by atoms with Gasteiger partial charge in [0.2, 0.25) is 3.67 Å². The molecule has 5 heteroatoms. The van der Waals surface area contributed by atoms with Crippen LogP contribution in [-0.4, -0.2) is 9.95 Å². The Morgan fingerprint density at radius 2 is 1.77 bits per heavy atom. The molecule has 0 aliphatic heterocycles. The zero-order valence-electron chi connectivity index (χ0n) is 6.34. The van der Waals surface area contributed by atoms with Crippen molar-refractivity contribution in [1.82, 2.24) is 0 Å². The molecular weight excluding hydrogens is 251 g/mol. The Balaban J connectivity index is 2.75. The molecule has 0 spiro atoms. The highest BCUT2D eigenvalue weighted by Crippen LogP contribution is 2.38. The lowest BCUT2D eigenvalue weighted by Gasteiger charge is -2.10. The summed E-state index contributed by atoms with van der Waals surface area (Å²) < 4.78 is -1.42. The first-order chi connectivity index (χ1) is 6.03. The molecule has 0 atom stereocenters. The predicted molar refractivity (Wildman–Crippen MR) is 57.8 cm³/mol. The van der Waals surface area contributed by atoms with Gasteiger partial charge in [0.1, 0.15) is 0 Å². The SMILES string of the molecule is O=CC(Cl)(Cl)Sc1ccc(Cl)cc1. The first-order valence-corrected chi connectivity index (χ1v) is 5.27. The quantitative estimate of drug-likeness (QED) is 0.465. The summed E-state index contributed by atoms with van der Waals surface area (Å²) in [4.78, 5) is 11.2. The molecule has 0 bridgehead atoms. The van der Waals surface area contributed by atoms with Crippen molar-refractivity contribution in [3.8, 4) is 0 Å². The maximum atomic E-state index is 10.4. The van der Waals surface area contributed by atoms with Gasteiger partial charge in [-0.15, -0.1) is 0 Å². The van der Waals surface area contributed by atoms with E-state index in [-0.39, 0.29) is 0 Å². The van der Waals surface area contributed by atoms with Gasteiger partial charge in [-0.3, -0.25) is 4.79 Å². The van der Waals surface area contributed by atoms with E-state index in [0.717, 1.165) is 16.7 Å². The fraction of sp³-hybridized carbons (Fsp3) is 0.125. The second kappa shape index (κ2) is 4.56. The highest BCUT2D eigenvalue weighted by molar-refractivity contribution is 8.04. The predicted octanol–water partition coefficient (Wildman–Crippen LogP) is 3.76. The second-order valence-electron chi connectivity index (χ2n) is 2.24. The molecule has 1 aromatic carbocycles. The number of aldehydes is 1. The van der Waals surface area contributed by atoms with Crippen molar-refractivity contribution >= 4 is 52.9 Å². The minimum Gasteiger partial charge on any atom is -0.299 e. The van der Waals surface area contributed by atoms with Crippen LogP contribution in [0.2, 0.25) is 5.02 Å². The topological polar surface area (TPSA) is 17.1 Å². The van der Waals surface area contributed by atoms with Crippen LogP contribution in [0.15, 0.2) is 29.2 Å². The third-order valence-electron chi connectivity index (χ3n) is 1.20. The minimum atomic E-state index is -1.42. The van der Waals surface area contributed by atoms with Crippen LogP contribution < -0.4 is 0 Å². The molecule has 0 amide bonds. The maximum Gasteiger partial charge on any atom is 0.222 e. The van der Waals surface area contributed by atoms with Crippen LogP contribution in [0.25, 0.3) is 0 Å². The fourth-order valence-electron chi connectivity index (χ4n) is 0.684. The Morgan fingerprint density at radius 3 is 2.23 bits per heavy atom. The summed E-state index contributed by atoms with van der Waals surface area (Å²) in [5.74, 6) is 0. The molecule has 0 aliphatic rings. The molecule has 1 nitrogen and oxygen atoms in total. The van der Waals surface area contributed by atoms with E-state index < -0.39 is 3.67 Å². The van der Waals surface area contributed by atoms with Gasteiger partial charge >= 0.3 is 0 Å². The third kappa shape index (κ3) is 3.77. The summed E-state index contributed by atoms with van der Waals surface area (Å²) in [6.45, 7) is 0. The number of thioether (sulfide) groups is 1. The Kier molecular flexibility index (Phi) is 3.92. The zero-order chi connectivity index (χ0) is 9.90. The van der Waals surface area contributed by atoms with E-state index in [1.807, 2.05) is 0 Å². The van der Waals surface area contributed by atoms with Crippen LogP contribution in [0.4, 0.5) is 0 Å². The van der Waals surface area contributed by atoms with Crippen molar-refractivity contribution in [3.63, 3.8) is 0 Å². The Hall–Kier alpha value is 0.110. The number of halogens is 3. The lowest BCUT2D eigenvalue weighted by Crippen LogP contribution is -2.07. The summed E-state index contributed by atoms with van der Waals surface area (Å²) in [5, 5.41) is 0.630. The van der Waals surface area contributed by atoms with Crippen molar-refractivity contribution in [1.29, 1.82) is 0 Å². The van der Waals surface area contributed by atoms with Gasteiger partial charge in [0.15, 0.2) is 6.29 Å². The molecule has 1 aromatic rings.